The van der Waals surface area contributed by atoms with Crippen molar-refractivity contribution in [2.45, 2.75) is 20.3 Å². The Balaban J connectivity index is 2.51. The summed E-state index contributed by atoms with van der Waals surface area (Å²) >= 11 is 0. The number of hydrogen-bond donors (Lipinski definition) is 1. The van der Waals surface area contributed by atoms with Crippen molar-refractivity contribution in [2.75, 3.05) is 20.1 Å². The highest BCUT2D eigenvalue weighted by molar-refractivity contribution is 5.75. The molecule has 0 aliphatic carbocycles. The Kier molecular flexibility index (Phi) is 4.50. The number of primary amides is 1. The second-order valence-corrected chi connectivity index (χ2v) is 4.38. The number of nitrogens with zero attached hydrogens (tertiary/aromatic N) is 1. The van der Waals surface area contributed by atoms with Crippen molar-refractivity contribution >= 4 is 5.91 Å². The summed E-state index contributed by atoms with van der Waals surface area (Å²) in [6.07, 6.45) is 0.954. The van der Waals surface area contributed by atoms with E-state index in [0.717, 1.165) is 13.0 Å². The number of carbonyl (C=O) groups is 1. The van der Waals surface area contributed by atoms with Gasteiger partial charge >= 0.3 is 0 Å². The zero-order valence-corrected chi connectivity index (χ0v) is 10.3. The average Bonchev–Trinajstić information content (AvgIpc) is 2.15. The number of hydrogen-bond acceptors (Lipinski definition) is 2. The summed E-state index contributed by atoms with van der Waals surface area (Å²) in [5.74, 6) is -0.275. The van der Waals surface area contributed by atoms with Crippen molar-refractivity contribution in [3.8, 4) is 0 Å². The summed E-state index contributed by atoms with van der Waals surface area (Å²) in [5, 5.41) is 0. The molecule has 0 radical (unpaired) electrons. The van der Waals surface area contributed by atoms with Crippen molar-refractivity contribution in [3.63, 3.8) is 0 Å². The zero-order valence-electron chi connectivity index (χ0n) is 10.3. The second kappa shape index (κ2) is 5.66. The third-order valence-electron chi connectivity index (χ3n) is 2.69. The molecule has 0 bridgehead atoms. The van der Waals surface area contributed by atoms with Crippen LogP contribution >= 0.6 is 0 Å². The highest BCUT2D eigenvalue weighted by Gasteiger charge is 2.04. The van der Waals surface area contributed by atoms with Crippen LogP contribution in [0.5, 0.6) is 0 Å². The van der Waals surface area contributed by atoms with Crippen LogP contribution in [0.25, 0.3) is 0 Å². The smallest absolute Gasteiger partial charge is 0.231 e. The highest BCUT2D eigenvalue weighted by Crippen LogP contribution is 2.11. The Morgan fingerprint density at radius 2 is 2.06 bits per heavy atom. The minimum Gasteiger partial charge on any atom is -0.369 e. The molecule has 0 fully saturated rings. The van der Waals surface area contributed by atoms with E-state index in [0.29, 0.717) is 6.54 Å². The summed E-state index contributed by atoms with van der Waals surface area (Å²) in [6.45, 7) is 5.39. The van der Waals surface area contributed by atoms with Crippen LogP contribution in [0.15, 0.2) is 18.2 Å². The molecule has 0 saturated carbocycles. The van der Waals surface area contributed by atoms with Gasteiger partial charge in [-0.3, -0.25) is 9.69 Å². The summed E-state index contributed by atoms with van der Waals surface area (Å²) in [5.41, 5.74) is 9.06. The van der Waals surface area contributed by atoms with E-state index in [2.05, 4.69) is 32.0 Å². The lowest BCUT2D eigenvalue weighted by Gasteiger charge is -2.15. The molecule has 0 spiro atoms. The van der Waals surface area contributed by atoms with E-state index >= 15 is 0 Å². The van der Waals surface area contributed by atoms with Crippen LogP contribution in [-0.2, 0) is 11.2 Å². The number of likely N-dealkylation sites (N-methyl/N-ethyl adjacent to an activating group) is 1. The van der Waals surface area contributed by atoms with Crippen molar-refractivity contribution in [2.24, 2.45) is 5.73 Å². The van der Waals surface area contributed by atoms with Gasteiger partial charge in [-0.2, -0.15) is 0 Å². The average molecular weight is 220 g/mol. The van der Waals surface area contributed by atoms with Crippen LogP contribution in [0.3, 0.4) is 0 Å². The Morgan fingerprint density at radius 3 is 2.62 bits per heavy atom. The molecule has 0 atom stereocenters. The second-order valence-electron chi connectivity index (χ2n) is 4.38. The Hall–Kier alpha value is -1.35. The topological polar surface area (TPSA) is 46.3 Å². The van der Waals surface area contributed by atoms with E-state index in [1.807, 2.05) is 11.9 Å². The molecule has 88 valence electrons. The quantitative estimate of drug-likeness (QED) is 0.812. The molecule has 0 heterocycles. The Bertz CT molecular complexity index is 374. The van der Waals surface area contributed by atoms with Crippen LogP contribution in [0.4, 0.5) is 0 Å². The van der Waals surface area contributed by atoms with E-state index in [-0.39, 0.29) is 5.91 Å². The van der Waals surface area contributed by atoms with E-state index in [4.69, 9.17) is 5.73 Å². The first kappa shape index (κ1) is 12.7. The minimum atomic E-state index is -0.275. The van der Waals surface area contributed by atoms with Gasteiger partial charge in [0.25, 0.3) is 0 Å². The molecule has 0 aromatic heterocycles. The molecule has 0 aliphatic heterocycles. The SMILES string of the molecule is Cc1ccc(CCN(C)CC(N)=O)c(C)c1. The van der Waals surface area contributed by atoms with Crippen LogP contribution in [-0.4, -0.2) is 30.9 Å². The first-order valence-electron chi connectivity index (χ1n) is 5.52. The van der Waals surface area contributed by atoms with Gasteiger partial charge in [-0.15, -0.1) is 0 Å². The molecule has 1 amide bonds. The maximum absolute atomic E-state index is 10.7. The first-order valence-corrected chi connectivity index (χ1v) is 5.52. The fraction of sp³-hybridized carbons (Fsp3) is 0.462. The lowest BCUT2D eigenvalue weighted by molar-refractivity contribution is -0.118. The minimum absolute atomic E-state index is 0.275. The fourth-order valence-corrected chi connectivity index (χ4v) is 1.78. The molecular formula is C13H20N2O. The van der Waals surface area contributed by atoms with Gasteiger partial charge in [0.2, 0.25) is 5.91 Å². The van der Waals surface area contributed by atoms with Crippen molar-refractivity contribution in [1.29, 1.82) is 0 Å². The highest BCUT2D eigenvalue weighted by atomic mass is 16.1. The normalized spacial score (nSPS) is 10.8. The predicted octanol–water partition coefficient (Wildman–Crippen LogP) is 1.26. The number of benzene rings is 1. The van der Waals surface area contributed by atoms with E-state index in [1.165, 1.54) is 16.7 Å². The first-order chi connectivity index (χ1) is 7.49. The largest absolute Gasteiger partial charge is 0.369 e. The molecule has 0 unspecified atom stereocenters. The molecule has 0 aliphatic rings. The summed E-state index contributed by atoms with van der Waals surface area (Å²) in [6, 6.07) is 6.46. The third-order valence-corrected chi connectivity index (χ3v) is 2.69. The van der Waals surface area contributed by atoms with Gasteiger partial charge in [-0.25, -0.2) is 0 Å². The van der Waals surface area contributed by atoms with Gasteiger partial charge in [0, 0.05) is 6.54 Å². The number of carbonyl (C=O) groups excluding carboxylic acids is 1. The number of nitrogens with two attached hydrogens (primary N) is 1. The lowest BCUT2D eigenvalue weighted by atomic mass is 10.0. The monoisotopic (exact) mass is 220 g/mol. The molecule has 1 aromatic rings. The van der Waals surface area contributed by atoms with E-state index in [9.17, 15) is 4.79 Å². The Labute approximate surface area is 97.2 Å². The molecule has 1 aromatic carbocycles. The molecule has 16 heavy (non-hydrogen) atoms. The maximum atomic E-state index is 10.7. The van der Waals surface area contributed by atoms with Gasteiger partial charge in [0.1, 0.15) is 0 Å². The summed E-state index contributed by atoms with van der Waals surface area (Å²) in [4.78, 5) is 12.7. The van der Waals surface area contributed by atoms with Gasteiger partial charge in [-0.05, 0) is 38.4 Å². The van der Waals surface area contributed by atoms with Crippen LogP contribution in [0.1, 0.15) is 16.7 Å². The van der Waals surface area contributed by atoms with E-state index < -0.39 is 0 Å². The van der Waals surface area contributed by atoms with Crippen LogP contribution in [0, 0.1) is 13.8 Å². The number of amides is 1. The van der Waals surface area contributed by atoms with Gasteiger partial charge in [-0.1, -0.05) is 23.8 Å². The van der Waals surface area contributed by atoms with Gasteiger partial charge in [0.15, 0.2) is 0 Å². The Morgan fingerprint density at radius 1 is 1.38 bits per heavy atom. The third kappa shape index (κ3) is 4.03. The summed E-state index contributed by atoms with van der Waals surface area (Å²) in [7, 11) is 1.91. The zero-order chi connectivity index (χ0) is 12.1. The van der Waals surface area contributed by atoms with Crippen molar-refractivity contribution in [3.05, 3.63) is 34.9 Å². The van der Waals surface area contributed by atoms with Gasteiger partial charge in [0.05, 0.1) is 6.54 Å². The maximum Gasteiger partial charge on any atom is 0.231 e. The van der Waals surface area contributed by atoms with E-state index in [1.54, 1.807) is 0 Å². The van der Waals surface area contributed by atoms with Crippen LogP contribution in [0.2, 0.25) is 0 Å². The standard InChI is InChI=1S/C13H20N2O/c1-10-4-5-12(11(2)8-10)6-7-15(3)9-13(14)16/h4-5,8H,6-7,9H2,1-3H3,(H2,14,16). The predicted molar refractivity (Wildman–Crippen MR) is 66.3 cm³/mol. The lowest BCUT2D eigenvalue weighted by Crippen LogP contribution is -2.32. The molecule has 0 saturated heterocycles. The number of aryl methyl sites for hydroxylation is 2. The van der Waals surface area contributed by atoms with Crippen molar-refractivity contribution in [1.82, 2.24) is 4.90 Å². The van der Waals surface area contributed by atoms with Crippen molar-refractivity contribution < 1.29 is 4.79 Å². The fourth-order valence-electron chi connectivity index (χ4n) is 1.78. The van der Waals surface area contributed by atoms with Crippen LogP contribution < -0.4 is 5.73 Å². The summed E-state index contributed by atoms with van der Waals surface area (Å²) < 4.78 is 0. The molecular weight excluding hydrogens is 200 g/mol. The van der Waals surface area contributed by atoms with Gasteiger partial charge < -0.3 is 5.73 Å². The molecule has 3 nitrogen and oxygen atoms in total. The molecule has 2 N–H and O–H groups in total. The number of rotatable bonds is 5. The molecule has 3 heteroatoms. The molecule has 1 rings (SSSR count).